The Morgan fingerprint density at radius 2 is 1.81 bits per heavy atom. The molecule has 0 bridgehead atoms. The molecule has 0 aliphatic heterocycles. The highest BCUT2D eigenvalue weighted by molar-refractivity contribution is 5.96. The first-order valence-corrected chi connectivity index (χ1v) is 12.7. The Labute approximate surface area is 210 Å². The summed E-state index contributed by atoms with van der Waals surface area (Å²) in [5.74, 6) is -0.120. The Morgan fingerprint density at radius 1 is 1.08 bits per heavy atom. The number of carbonyl (C=O) groups is 2. The lowest BCUT2D eigenvalue weighted by atomic mass is 9.92. The van der Waals surface area contributed by atoms with Gasteiger partial charge in [0.1, 0.15) is 11.6 Å². The molecule has 3 aliphatic carbocycles. The smallest absolute Gasteiger partial charge is 0.335 e. The van der Waals surface area contributed by atoms with Gasteiger partial charge in [0.05, 0.1) is 29.4 Å². The van der Waals surface area contributed by atoms with E-state index < -0.39 is 11.9 Å². The summed E-state index contributed by atoms with van der Waals surface area (Å²) in [6.07, 6.45) is 8.20. The summed E-state index contributed by atoms with van der Waals surface area (Å²) in [6, 6.07) is 9.76. The molecule has 7 heteroatoms. The van der Waals surface area contributed by atoms with Gasteiger partial charge in [-0.25, -0.2) is 9.18 Å². The highest BCUT2D eigenvalue weighted by Crippen LogP contribution is 2.41. The van der Waals surface area contributed by atoms with E-state index in [0.717, 1.165) is 12.8 Å². The average molecular weight is 491 g/mol. The standard InChI is InChI=1S/C29H31FN2O4/c1-17-2-13-25(36-16-19-5-6-19)26(27(17)30)21-9-12-24(31-15-21)23(14-18-3-4-18)28(33)32-22-10-7-20(8-11-22)29(34)35/h7-12,15,18-19,23H,2-6,13-14,16H2,1H3,(H,32,33)(H,34,35). The summed E-state index contributed by atoms with van der Waals surface area (Å²) < 4.78 is 21.3. The molecular weight excluding hydrogens is 459 g/mol. The minimum Gasteiger partial charge on any atom is -0.497 e. The lowest BCUT2D eigenvalue weighted by Crippen LogP contribution is -2.22. The van der Waals surface area contributed by atoms with Gasteiger partial charge in [-0.3, -0.25) is 9.78 Å². The fraction of sp³-hybridized carbons (Fsp3) is 0.414. The normalized spacial score (nSPS) is 18.7. The zero-order chi connectivity index (χ0) is 25.2. The van der Waals surface area contributed by atoms with Crippen molar-refractivity contribution in [2.75, 3.05) is 11.9 Å². The third-order valence-corrected chi connectivity index (χ3v) is 7.20. The molecule has 0 radical (unpaired) electrons. The molecule has 6 nitrogen and oxygen atoms in total. The number of aromatic carboxylic acids is 1. The quantitative estimate of drug-likeness (QED) is 0.398. The fourth-order valence-corrected chi connectivity index (χ4v) is 4.54. The molecule has 0 spiro atoms. The summed E-state index contributed by atoms with van der Waals surface area (Å²) in [5, 5.41) is 12.0. The summed E-state index contributed by atoms with van der Waals surface area (Å²) in [5.41, 5.74) is 3.20. The predicted octanol–water partition coefficient (Wildman–Crippen LogP) is 6.48. The van der Waals surface area contributed by atoms with Crippen LogP contribution in [0.15, 0.2) is 59.8 Å². The maximum atomic E-state index is 15.2. The molecule has 0 saturated heterocycles. The molecule has 2 fully saturated rings. The molecule has 2 N–H and O–H groups in total. The van der Waals surface area contributed by atoms with Crippen LogP contribution in [0.5, 0.6) is 0 Å². The van der Waals surface area contributed by atoms with Crippen LogP contribution in [0.1, 0.15) is 79.4 Å². The number of hydrogen-bond acceptors (Lipinski definition) is 4. The molecule has 36 heavy (non-hydrogen) atoms. The maximum absolute atomic E-state index is 15.2. The van der Waals surface area contributed by atoms with Crippen LogP contribution in [-0.4, -0.2) is 28.6 Å². The van der Waals surface area contributed by atoms with Gasteiger partial charge >= 0.3 is 5.97 Å². The Bertz CT molecular complexity index is 1210. The van der Waals surface area contributed by atoms with Crippen molar-refractivity contribution in [1.82, 2.24) is 4.98 Å². The first-order valence-electron chi connectivity index (χ1n) is 12.7. The van der Waals surface area contributed by atoms with Gasteiger partial charge in [0, 0.05) is 23.9 Å². The van der Waals surface area contributed by atoms with E-state index in [1.165, 1.54) is 25.0 Å². The van der Waals surface area contributed by atoms with E-state index in [1.54, 1.807) is 18.3 Å². The van der Waals surface area contributed by atoms with Gasteiger partial charge < -0.3 is 15.2 Å². The van der Waals surface area contributed by atoms with Crippen molar-refractivity contribution in [2.45, 2.75) is 57.8 Å². The number of pyridine rings is 1. The molecule has 1 atom stereocenters. The molecular formula is C29H31FN2O4. The number of nitrogens with zero attached hydrogens (tertiary/aromatic N) is 1. The number of anilines is 1. The number of carbonyl (C=O) groups excluding carboxylic acids is 1. The first kappa shape index (κ1) is 24.2. The van der Waals surface area contributed by atoms with Gasteiger partial charge in [-0.1, -0.05) is 18.9 Å². The molecule has 1 aromatic heterocycles. The number of carboxylic acid groups (broad SMARTS) is 1. The SMILES string of the molecule is CC1=C(F)C(c2ccc(C(CC3CC3)C(=O)Nc3ccc(C(=O)O)cc3)nc2)=C(OCC2CC2)CC1. The van der Waals surface area contributed by atoms with Crippen LogP contribution < -0.4 is 5.32 Å². The Hall–Kier alpha value is -3.48. The van der Waals surface area contributed by atoms with Gasteiger partial charge in [0.25, 0.3) is 0 Å². The minimum atomic E-state index is -1.01. The van der Waals surface area contributed by atoms with Gasteiger partial charge in [-0.05, 0) is 80.3 Å². The number of amides is 1. The number of carboxylic acids is 1. The van der Waals surface area contributed by atoms with Crippen LogP contribution in [0.3, 0.4) is 0 Å². The number of aromatic nitrogens is 1. The van der Waals surface area contributed by atoms with E-state index >= 15 is 4.39 Å². The molecule has 188 valence electrons. The van der Waals surface area contributed by atoms with E-state index in [1.807, 2.05) is 19.1 Å². The lowest BCUT2D eigenvalue weighted by Gasteiger charge is -2.22. The number of benzene rings is 1. The van der Waals surface area contributed by atoms with Crippen molar-refractivity contribution in [1.29, 1.82) is 0 Å². The summed E-state index contributed by atoms with van der Waals surface area (Å²) >= 11 is 0. The van der Waals surface area contributed by atoms with E-state index in [2.05, 4.69) is 10.3 Å². The number of allylic oxidation sites excluding steroid dienone is 4. The number of halogens is 1. The molecule has 2 aromatic rings. The second kappa shape index (κ2) is 10.2. The summed E-state index contributed by atoms with van der Waals surface area (Å²) in [7, 11) is 0. The molecule has 5 rings (SSSR count). The van der Waals surface area contributed by atoms with Crippen molar-refractivity contribution in [3.63, 3.8) is 0 Å². The highest BCUT2D eigenvalue weighted by atomic mass is 19.1. The Kier molecular flexibility index (Phi) is 6.90. The van der Waals surface area contributed by atoms with Crippen molar-refractivity contribution in [3.8, 4) is 0 Å². The molecule has 1 amide bonds. The van der Waals surface area contributed by atoms with E-state index in [-0.39, 0.29) is 17.3 Å². The minimum absolute atomic E-state index is 0.161. The second-order valence-electron chi connectivity index (χ2n) is 10.2. The summed E-state index contributed by atoms with van der Waals surface area (Å²) in [4.78, 5) is 28.9. The van der Waals surface area contributed by atoms with Crippen LogP contribution in [-0.2, 0) is 9.53 Å². The third kappa shape index (κ3) is 5.66. The second-order valence-corrected chi connectivity index (χ2v) is 10.2. The summed E-state index contributed by atoms with van der Waals surface area (Å²) in [6.45, 7) is 2.45. The van der Waals surface area contributed by atoms with Crippen LogP contribution >= 0.6 is 0 Å². The van der Waals surface area contributed by atoms with Crippen molar-refractivity contribution in [3.05, 3.63) is 76.6 Å². The molecule has 1 aromatic carbocycles. The van der Waals surface area contributed by atoms with Gasteiger partial charge in [0.2, 0.25) is 5.91 Å². The van der Waals surface area contributed by atoms with Crippen molar-refractivity contribution < 1.29 is 23.8 Å². The largest absolute Gasteiger partial charge is 0.497 e. The number of ether oxygens (including phenoxy) is 1. The zero-order valence-corrected chi connectivity index (χ0v) is 20.4. The van der Waals surface area contributed by atoms with Gasteiger partial charge in [0.15, 0.2) is 0 Å². The Balaban J connectivity index is 1.36. The fourth-order valence-electron chi connectivity index (χ4n) is 4.54. The van der Waals surface area contributed by atoms with Gasteiger partial charge in [-0.15, -0.1) is 0 Å². The van der Waals surface area contributed by atoms with E-state index in [9.17, 15) is 9.59 Å². The molecule has 1 heterocycles. The molecule has 3 aliphatic rings. The van der Waals surface area contributed by atoms with Gasteiger partial charge in [-0.2, -0.15) is 0 Å². The zero-order valence-electron chi connectivity index (χ0n) is 20.4. The van der Waals surface area contributed by atoms with E-state index in [0.29, 0.717) is 71.6 Å². The Morgan fingerprint density at radius 3 is 2.42 bits per heavy atom. The lowest BCUT2D eigenvalue weighted by molar-refractivity contribution is -0.117. The van der Waals surface area contributed by atoms with Crippen LogP contribution in [0.25, 0.3) is 5.57 Å². The van der Waals surface area contributed by atoms with Crippen LogP contribution in [0.2, 0.25) is 0 Å². The maximum Gasteiger partial charge on any atom is 0.335 e. The highest BCUT2D eigenvalue weighted by Gasteiger charge is 2.32. The number of hydrogen-bond donors (Lipinski definition) is 2. The number of rotatable bonds is 10. The van der Waals surface area contributed by atoms with Crippen molar-refractivity contribution >= 4 is 23.1 Å². The van der Waals surface area contributed by atoms with Crippen LogP contribution in [0, 0.1) is 11.8 Å². The predicted molar refractivity (Wildman–Crippen MR) is 135 cm³/mol. The van der Waals surface area contributed by atoms with E-state index in [4.69, 9.17) is 9.84 Å². The first-order chi connectivity index (χ1) is 17.4. The molecule has 1 unspecified atom stereocenters. The van der Waals surface area contributed by atoms with Crippen LogP contribution in [0.4, 0.5) is 10.1 Å². The number of nitrogens with one attached hydrogen (secondary N) is 1. The third-order valence-electron chi connectivity index (χ3n) is 7.20. The monoisotopic (exact) mass is 490 g/mol. The van der Waals surface area contributed by atoms with Crippen molar-refractivity contribution in [2.24, 2.45) is 11.8 Å². The average Bonchev–Trinajstić information content (AvgIpc) is 3.80. The topological polar surface area (TPSA) is 88.5 Å². The molecule has 2 saturated carbocycles.